The van der Waals surface area contributed by atoms with E-state index in [1.54, 1.807) is 35.1 Å². The Bertz CT molecular complexity index is 786. The fraction of sp³-hybridized carbons (Fsp3) is 0.0625. The van der Waals surface area contributed by atoms with Crippen LogP contribution >= 0.6 is 11.6 Å². The normalized spacial score (nSPS) is 10.4. The summed E-state index contributed by atoms with van der Waals surface area (Å²) in [5.74, 6) is -0.151. The summed E-state index contributed by atoms with van der Waals surface area (Å²) in [6.45, 7) is 0. The van der Waals surface area contributed by atoms with E-state index in [-0.39, 0.29) is 12.3 Å². The summed E-state index contributed by atoms with van der Waals surface area (Å²) in [7, 11) is 0. The van der Waals surface area contributed by atoms with Crippen molar-refractivity contribution in [3.8, 4) is 5.69 Å². The van der Waals surface area contributed by atoms with Gasteiger partial charge < -0.3 is 5.32 Å². The third kappa shape index (κ3) is 3.32. The molecule has 1 heterocycles. The van der Waals surface area contributed by atoms with Crippen molar-refractivity contribution in [2.24, 2.45) is 0 Å². The van der Waals surface area contributed by atoms with E-state index in [1.165, 1.54) is 0 Å². The predicted molar refractivity (Wildman–Crippen MR) is 85.1 cm³/mol. The molecule has 22 heavy (non-hydrogen) atoms. The monoisotopic (exact) mass is 312 g/mol. The third-order valence-electron chi connectivity index (χ3n) is 3.07. The minimum absolute atomic E-state index is 0.151. The second kappa shape index (κ2) is 6.41. The van der Waals surface area contributed by atoms with Gasteiger partial charge in [0.05, 0.1) is 24.0 Å². The van der Waals surface area contributed by atoms with Crippen LogP contribution in [0.3, 0.4) is 0 Å². The molecule has 3 rings (SSSR count). The number of hydrogen-bond donors (Lipinski definition) is 1. The van der Waals surface area contributed by atoms with Crippen LogP contribution < -0.4 is 5.32 Å². The number of aromatic nitrogens is 3. The van der Waals surface area contributed by atoms with Crippen LogP contribution in [0.25, 0.3) is 5.69 Å². The molecule has 0 saturated carbocycles. The highest BCUT2D eigenvalue weighted by Crippen LogP contribution is 2.15. The van der Waals surface area contributed by atoms with E-state index in [0.29, 0.717) is 16.4 Å². The first-order chi connectivity index (χ1) is 10.7. The molecule has 5 nitrogen and oxygen atoms in total. The molecule has 0 unspecified atom stereocenters. The molecule has 3 aromatic rings. The fourth-order valence-electron chi connectivity index (χ4n) is 2.10. The topological polar surface area (TPSA) is 59.8 Å². The summed E-state index contributed by atoms with van der Waals surface area (Å²) in [6.07, 6.45) is 1.76. The lowest BCUT2D eigenvalue weighted by Gasteiger charge is -2.07. The molecule has 0 bridgehead atoms. The molecule has 0 aliphatic heterocycles. The summed E-state index contributed by atoms with van der Waals surface area (Å²) < 4.78 is 1.65. The van der Waals surface area contributed by atoms with Gasteiger partial charge in [0, 0.05) is 10.7 Å². The lowest BCUT2D eigenvalue weighted by Crippen LogP contribution is -2.16. The number of rotatable bonds is 4. The number of nitrogens with zero attached hydrogens (tertiary/aromatic N) is 3. The maximum absolute atomic E-state index is 12.2. The number of benzene rings is 2. The van der Waals surface area contributed by atoms with E-state index < -0.39 is 0 Å². The van der Waals surface area contributed by atoms with Gasteiger partial charge in [0.2, 0.25) is 5.91 Å². The standard InChI is InChI=1S/C16H13ClN4O/c17-12-5-4-6-13(9-12)19-16(22)10-15-11-18-20-21(15)14-7-2-1-3-8-14/h1-9,11H,10H2,(H,19,22). The van der Waals surface area contributed by atoms with Crippen molar-refractivity contribution in [2.75, 3.05) is 5.32 Å². The van der Waals surface area contributed by atoms with Crippen molar-refractivity contribution in [2.45, 2.75) is 6.42 Å². The molecule has 1 N–H and O–H groups in total. The maximum Gasteiger partial charge on any atom is 0.230 e. The summed E-state index contributed by atoms with van der Waals surface area (Å²) in [5, 5.41) is 11.3. The molecule has 110 valence electrons. The summed E-state index contributed by atoms with van der Waals surface area (Å²) in [4.78, 5) is 12.2. The molecule has 1 amide bonds. The van der Waals surface area contributed by atoms with E-state index in [4.69, 9.17) is 11.6 Å². The van der Waals surface area contributed by atoms with Crippen LogP contribution in [0.5, 0.6) is 0 Å². The Morgan fingerprint density at radius 2 is 1.95 bits per heavy atom. The Balaban J connectivity index is 1.74. The quantitative estimate of drug-likeness (QED) is 0.805. The van der Waals surface area contributed by atoms with Crippen molar-refractivity contribution in [3.63, 3.8) is 0 Å². The molecular weight excluding hydrogens is 300 g/mol. The summed E-state index contributed by atoms with van der Waals surface area (Å²) >= 11 is 5.90. The number of hydrogen-bond acceptors (Lipinski definition) is 3. The largest absolute Gasteiger partial charge is 0.326 e. The van der Waals surface area contributed by atoms with Gasteiger partial charge in [0.15, 0.2) is 0 Å². The zero-order chi connectivity index (χ0) is 15.4. The molecule has 0 fully saturated rings. The van der Waals surface area contributed by atoms with Crippen LogP contribution in [0.1, 0.15) is 5.69 Å². The molecule has 0 radical (unpaired) electrons. The van der Waals surface area contributed by atoms with Gasteiger partial charge in [-0.1, -0.05) is 41.1 Å². The Kier molecular flexibility index (Phi) is 4.16. The Labute approximate surface area is 132 Å². The number of anilines is 1. The van der Waals surface area contributed by atoms with Crippen molar-refractivity contribution in [3.05, 3.63) is 71.5 Å². The molecular formula is C16H13ClN4O. The highest BCUT2D eigenvalue weighted by molar-refractivity contribution is 6.30. The minimum Gasteiger partial charge on any atom is -0.326 e. The molecule has 0 aliphatic carbocycles. The molecule has 0 spiro atoms. The average molecular weight is 313 g/mol. The molecule has 2 aromatic carbocycles. The Morgan fingerprint density at radius 3 is 2.73 bits per heavy atom. The Hall–Kier alpha value is -2.66. The second-order valence-electron chi connectivity index (χ2n) is 4.71. The van der Waals surface area contributed by atoms with Crippen LogP contribution in [0.2, 0.25) is 5.02 Å². The van der Waals surface area contributed by atoms with E-state index in [2.05, 4.69) is 15.6 Å². The van der Waals surface area contributed by atoms with Crippen molar-refractivity contribution >= 4 is 23.2 Å². The van der Waals surface area contributed by atoms with Gasteiger partial charge in [0.1, 0.15) is 0 Å². The smallest absolute Gasteiger partial charge is 0.230 e. The highest BCUT2D eigenvalue weighted by Gasteiger charge is 2.11. The zero-order valence-electron chi connectivity index (χ0n) is 11.6. The van der Waals surface area contributed by atoms with Crippen molar-refractivity contribution in [1.29, 1.82) is 0 Å². The lowest BCUT2D eigenvalue weighted by atomic mass is 10.2. The number of halogens is 1. The molecule has 1 aromatic heterocycles. The van der Waals surface area contributed by atoms with E-state index in [1.807, 2.05) is 30.3 Å². The number of para-hydroxylation sites is 1. The minimum atomic E-state index is -0.151. The van der Waals surface area contributed by atoms with Crippen LogP contribution in [0.4, 0.5) is 5.69 Å². The fourth-order valence-corrected chi connectivity index (χ4v) is 2.29. The van der Waals surface area contributed by atoms with Crippen molar-refractivity contribution in [1.82, 2.24) is 15.0 Å². The van der Waals surface area contributed by atoms with Crippen LogP contribution in [-0.2, 0) is 11.2 Å². The predicted octanol–water partition coefficient (Wildman–Crippen LogP) is 3.10. The number of nitrogens with one attached hydrogen (secondary N) is 1. The second-order valence-corrected chi connectivity index (χ2v) is 5.14. The summed E-state index contributed by atoms with van der Waals surface area (Å²) in [5.41, 5.74) is 2.24. The molecule has 0 atom stereocenters. The lowest BCUT2D eigenvalue weighted by molar-refractivity contribution is -0.115. The van der Waals surface area contributed by atoms with E-state index >= 15 is 0 Å². The van der Waals surface area contributed by atoms with Gasteiger partial charge in [0.25, 0.3) is 0 Å². The molecule has 6 heteroatoms. The van der Waals surface area contributed by atoms with Crippen LogP contribution in [0, 0.1) is 0 Å². The van der Waals surface area contributed by atoms with E-state index in [9.17, 15) is 4.79 Å². The van der Waals surface area contributed by atoms with Gasteiger partial charge in [-0.05, 0) is 30.3 Å². The average Bonchev–Trinajstić information content (AvgIpc) is 2.96. The number of carbonyl (C=O) groups is 1. The summed E-state index contributed by atoms with van der Waals surface area (Å²) in [6, 6.07) is 16.6. The van der Waals surface area contributed by atoms with Crippen LogP contribution in [-0.4, -0.2) is 20.9 Å². The first-order valence-corrected chi connectivity index (χ1v) is 7.10. The van der Waals surface area contributed by atoms with Gasteiger partial charge in [-0.3, -0.25) is 4.79 Å². The third-order valence-corrected chi connectivity index (χ3v) is 3.31. The Morgan fingerprint density at radius 1 is 1.14 bits per heavy atom. The number of amides is 1. The zero-order valence-corrected chi connectivity index (χ0v) is 12.4. The van der Waals surface area contributed by atoms with Gasteiger partial charge in [-0.2, -0.15) is 0 Å². The highest BCUT2D eigenvalue weighted by atomic mass is 35.5. The molecule has 0 saturated heterocycles. The van der Waals surface area contributed by atoms with Gasteiger partial charge >= 0.3 is 0 Å². The van der Waals surface area contributed by atoms with E-state index in [0.717, 1.165) is 5.69 Å². The first kappa shape index (κ1) is 14.3. The SMILES string of the molecule is O=C(Cc1cnnn1-c1ccccc1)Nc1cccc(Cl)c1. The van der Waals surface area contributed by atoms with Gasteiger partial charge in [-0.15, -0.1) is 5.10 Å². The maximum atomic E-state index is 12.2. The number of carbonyl (C=O) groups excluding carboxylic acids is 1. The van der Waals surface area contributed by atoms with Crippen LogP contribution in [0.15, 0.2) is 60.8 Å². The molecule has 0 aliphatic rings. The van der Waals surface area contributed by atoms with Crippen molar-refractivity contribution < 1.29 is 4.79 Å². The van der Waals surface area contributed by atoms with Gasteiger partial charge in [-0.25, -0.2) is 4.68 Å². The first-order valence-electron chi connectivity index (χ1n) is 6.73.